The number of carbonyl (C=O) groups is 1. The zero-order valence-electron chi connectivity index (χ0n) is 14.8. The van der Waals surface area contributed by atoms with Crippen molar-refractivity contribution in [1.82, 2.24) is 15.1 Å². The molecular weight excluding hydrogens is 280 g/mol. The van der Waals surface area contributed by atoms with Crippen molar-refractivity contribution < 1.29 is 9.53 Å². The van der Waals surface area contributed by atoms with E-state index in [0.717, 1.165) is 38.6 Å². The average Bonchev–Trinajstić information content (AvgIpc) is 2.51. The second-order valence-electron chi connectivity index (χ2n) is 7.10. The molecule has 1 aliphatic carbocycles. The van der Waals surface area contributed by atoms with Crippen LogP contribution >= 0.6 is 0 Å². The minimum absolute atomic E-state index is 0.0545. The van der Waals surface area contributed by atoms with Gasteiger partial charge in [0.25, 0.3) is 0 Å². The Balaban J connectivity index is 1.94. The summed E-state index contributed by atoms with van der Waals surface area (Å²) in [5.41, 5.74) is -0.0320. The van der Waals surface area contributed by atoms with Gasteiger partial charge in [0.15, 0.2) is 5.96 Å². The molecule has 0 spiro atoms. The van der Waals surface area contributed by atoms with Gasteiger partial charge in [0.05, 0.1) is 5.60 Å². The highest BCUT2D eigenvalue weighted by atomic mass is 16.5. The summed E-state index contributed by atoms with van der Waals surface area (Å²) in [6.07, 6.45) is 0.975. The van der Waals surface area contributed by atoms with Crippen LogP contribution in [-0.4, -0.2) is 73.6 Å². The second-order valence-corrected chi connectivity index (χ2v) is 7.10. The molecule has 0 bridgehead atoms. The van der Waals surface area contributed by atoms with Crippen LogP contribution in [0.25, 0.3) is 0 Å². The summed E-state index contributed by atoms with van der Waals surface area (Å²) >= 11 is 0. The molecule has 0 aromatic heterocycles. The lowest BCUT2D eigenvalue weighted by Gasteiger charge is -2.59. The first-order valence-electron chi connectivity index (χ1n) is 8.04. The summed E-state index contributed by atoms with van der Waals surface area (Å²) in [6, 6.07) is 0.349. The van der Waals surface area contributed by atoms with E-state index in [0.29, 0.717) is 6.04 Å². The minimum atomic E-state index is -0.0865. The SMILES string of the molecule is CN=C(NC1CC(C)(OC)C1(C)C)N1CCN(C(C)=O)CC1. The third-order valence-corrected chi connectivity index (χ3v) is 5.82. The maximum absolute atomic E-state index is 11.4. The van der Waals surface area contributed by atoms with E-state index in [-0.39, 0.29) is 16.9 Å². The molecule has 0 aromatic carbocycles. The normalized spacial score (nSPS) is 31.7. The van der Waals surface area contributed by atoms with E-state index < -0.39 is 0 Å². The molecule has 126 valence electrons. The third kappa shape index (κ3) is 2.81. The molecule has 1 heterocycles. The van der Waals surface area contributed by atoms with Crippen LogP contribution in [0.15, 0.2) is 4.99 Å². The zero-order chi connectivity index (χ0) is 16.5. The molecule has 1 saturated carbocycles. The van der Waals surface area contributed by atoms with Crippen LogP contribution in [0.3, 0.4) is 0 Å². The van der Waals surface area contributed by atoms with Crippen LogP contribution < -0.4 is 5.32 Å². The topological polar surface area (TPSA) is 57.2 Å². The summed E-state index contributed by atoms with van der Waals surface area (Å²) in [7, 11) is 3.61. The summed E-state index contributed by atoms with van der Waals surface area (Å²) in [6.45, 7) is 11.4. The Labute approximate surface area is 133 Å². The lowest BCUT2D eigenvalue weighted by atomic mass is 9.56. The standard InChI is InChI=1S/C16H30N4O2/c1-12(21)19-7-9-20(10-8-19)14(17-5)18-13-11-16(4,22-6)15(13,2)3/h13H,7-11H2,1-6H3,(H,17,18). The molecule has 0 aromatic rings. The molecule has 2 rings (SSSR count). The van der Waals surface area contributed by atoms with Gasteiger partial charge in [-0.1, -0.05) is 13.8 Å². The van der Waals surface area contributed by atoms with Crippen LogP contribution in [-0.2, 0) is 9.53 Å². The first kappa shape index (κ1) is 17.1. The van der Waals surface area contributed by atoms with Crippen molar-refractivity contribution in [2.75, 3.05) is 40.3 Å². The fourth-order valence-electron chi connectivity index (χ4n) is 3.41. The van der Waals surface area contributed by atoms with Crippen LogP contribution in [0, 0.1) is 5.41 Å². The summed E-state index contributed by atoms with van der Waals surface area (Å²) < 4.78 is 5.68. The number of hydrogen-bond donors (Lipinski definition) is 1. The van der Waals surface area contributed by atoms with Gasteiger partial charge in [-0.25, -0.2) is 0 Å². The van der Waals surface area contributed by atoms with Crippen molar-refractivity contribution in [2.45, 2.75) is 45.8 Å². The number of carbonyl (C=O) groups excluding carboxylic acids is 1. The maximum Gasteiger partial charge on any atom is 0.219 e. The summed E-state index contributed by atoms with van der Waals surface area (Å²) in [5, 5.41) is 3.59. The van der Waals surface area contributed by atoms with Gasteiger partial charge in [-0.15, -0.1) is 0 Å². The molecule has 2 unspecified atom stereocenters. The largest absolute Gasteiger partial charge is 0.378 e. The number of nitrogens with one attached hydrogen (secondary N) is 1. The summed E-state index contributed by atoms with van der Waals surface area (Å²) in [4.78, 5) is 20.0. The van der Waals surface area contributed by atoms with Gasteiger partial charge in [-0.3, -0.25) is 9.79 Å². The summed E-state index contributed by atoms with van der Waals surface area (Å²) in [5.74, 6) is 1.08. The molecule has 22 heavy (non-hydrogen) atoms. The minimum Gasteiger partial charge on any atom is -0.378 e. The highest BCUT2D eigenvalue weighted by Crippen LogP contribution is 2.51. The van der Waals surface area contributed by atoms with Gasteiger partial charge in [0, 0.05) is 58.7 Å². The molecule has 0 radical (unpaired) electrons. The highest BCUT2D eigenvalue weighted by molar-refractivity contribution is 5.81. The monoisotopic (exact) mass is 310 g/mol. The molecule has 2 fully saturated rings. The van der Waals surface area contributed by atoms with Gasteiger partial charge in [-0.2, -0.15) is 0 Å². The maximum atomic E-state index is 11.4. The predicted molar refractivity (Wildman–Crippen MR) is 87.9 cm³/mol. The average molecular weight is 310 g/mol. The molecule has 1 N–H and O–H groups in total. The van der Waals surface area contributed by atoms with E-state index in [2.05, 4.69) is 36.0 Å². The molecule has 2 atom stereocenters. The van der Waals surface area contributed by atoms with Crippen molar-refractivity contribution in [2.24, 2.45) is 10.4 Å². The quantitative estimate of drug-likeness (QED) is 0.609. The van der Waals surface area contributed by atoms with E-state index in [1.54, 1.807) is 14.0 Å². The van der Waals surface area contributed by atoms with E-state index in [1.165, 1.54) is 0 Å². The number of guanidine groups is 1. The van der Waals surface area contributed by atoms with Gasteiger partial charge in [-0.05, 0) is 13.3 Å². The van der Waals surface area contributed by atoms with Crippen LogP contribution in [0.5, 0.6) is 0 Å². The van der Waals surface area contributed by atoms with E-state index in [4.69, 9.17) is 4.74 Å². The number of amides is 1. The smallest absolute Gasteiger partial charge is 0.219 e. The Morgan fingerprint density at radius 3 is 2.14 bits per heavy atom. The fraction of sp³-hybridized carbons (Fsp3) is 0.875. The Bertz CT molecular complexity index is 455. The Kier molecular flexibility index (Phi) is 4.70. The number of aliphatic imine (C=N–C) groups is 1. The molecule has 1 amide bonds. The lowest BCUT2D eigenvalue weighted by Crippen LogP contribution is -2.70. The van der Waals surface area contributed by atoms with E-state index in [9.17, 15) is 4.79 Å². The van der Waals surface area contributed by atoms with E-state index >= 15 is 0 Å². The number of ether oxygens (including phenoxy) is 1. The van der Waals surface area contributed by atoms with Gasteiger partial charge < -0.3 is 19.9 Å². The number of hydrogen-bond acceptors (Lipinski definition) is 3. The van der Waals surface area contributed by atoms with Crippen molar-refractivity contribution in [3.8, 4) is 0 Å². The predicted octanol–water partition coefficient (Wildman–Crippen LogP) is 0.929. The molecule has 6 nitrogen and oxygen atoms in total. The van der Waals surface area contributed by atoms with Gasteiger partial charge in [0.2, 0.25) is 5.91 Å². The third-order valence-electron chi connectivity index (χ3n) is 5.82. The fourth-order valence-corrected chi connectivity index (χ4v) is 3.41. The van der Waals surface area contributed by atoms with Gasteiger partial charge in [0.1, 0.15) is 0 Å². The van der Waals surface area contributed by atoms with Crippen molar-refractivity contribution in [3.05, 3.63) is 0 Å². The zero-order valence-corrected chi connectivity index (χ0v) is 14.8. The van der Waals surface area contributed by atoms with Crippen molar-refractivity contribution >= 4 is 11.9 Å². The van der Waals surface area contributed by atoms with Crippen LogP contribution in [0.2, 0.25) is 0 Å². The number of rotatable bonds is 2. The number of nitrogens with zero attached hydrogens (tertiary/aromatic N) is 3. The van der Waals surface area contributed by atoms with Gasteiger partial charge >= 0.3 is 0 Å². The Morgan fingerprint density at radius 1 is 1.18 bits per heavy atom. The van der Waals surface area contributed by atoms with E-state index in [1.807, 2.05) is 11.9 Å². The molecular formula is C16H30N4O2. The van der Waals surface area contributed by atoms with Crippen LogP contribution in [0.4, 0.5) is 0 Å². The first-order chi connectivity index (χ1) is 10.2. The highest BCUT2D eigenvalue weighted by Gasteiger charge is 2.58. The van der Waals surface area contributed by atoms with Crippen molar-refractivity contribution in [1.29, 1.82) is 0 Å². The Hall–Kier alpha value is -1.30. The Morgan fingerprint density at radius 2 is 1.73 bits per heavy atom. The molecule has 1 aliphatic heterocycles. The number of methoxy groups -OCH3 is 1. The molecule has 1 saturated heterocycles. The molecule has 2 aliphatic rings. The lowest BCUT2D eigenvalue weighted by molar-refractivity contribution is -0.177. The molecule has 6 heteroatoms. The van der Waals surface area contributed by atoms with Crippen LogP contribution in [0.1, 0.15) is 34.1 Å². The number of piperazine rings is 1. The van der Waals surface area contributed by atoms with Crippen molar-refractivity contribution in [3.63, 3.8) is 0 Å². The second kappa shape index (κ2) is 6.07. The first-order valence-corrected chi connectivity index (χ1v) is 8.04.